The van der Waals surface area contributed by atoms with Crippen molar-refractivity contribution in [2.45, 2.75) is 19.0 Å². The predicted octanol–water partition coefficient (Wildman–Crippen LogP) is 1.66. The van der Waals surface area contributed by atoms with Crippen molar-refractivity contribution >= 4 is 29.1 Å². The van der Waals surface area contributed by atoms with Crippen molar-refractivity contribution in [3.05, 3.63) is 64.8 Å². The van der Waals surface area contributed by atoms with E-state index in [1.807, 2.05) is 30.3 Å². The number of ether oxygens (including phenoxy) is 2. The van der Waals surface area contributed by atoms with Gasteiger partial charge in [-0.3, -0.25) is 24.5 Å². The lowest BCUT2D eigenvalue weighted by Crippen LogP contribution is -2.40. The van der Waals surface area contributed by atoms with Crippen LogP contribution in [0.4, 0.5) is 0 Å². The third-order valence-electron chi connectivity index (χ3n) is 7.63. The molecule has 0 aliphatic carbocycles. The fourth-order valence-electron chi connectivity index (χ4n) is 5.54. The number of rotatable bonds is 9. The molecule has 0 bridgehead atoms. The van der Waals surface area contributed by atoms with E-state index in [0.717, 1.165) is 72.7 Å². The molecule has 2 aliphatic heterocycles. The van der Waals surface area contributed by atoms with Gasteiger partial charge in [0, 0.05) is 69.0 Å². The fraction of sp³-hybridized carbons (Fsp3) is 0.414. The highest BCUT2D eigenvalue weighted by atomic mass is 16.5. The van der Waals surface area contributed by atoms with E-state index in [0.29, 0.717) is 31.8 Å². The van der Waals surface area contributed by atoms with E-state index >= 15 is 0 Å². The Kier molecular flexibility index (Phi) is 8.34. The molecule has 2 aromatic carbocycles. The monoisotopic (exact) mass is 549 g/mol. The molecule has 40 heavy (non-hydrogen) atoms. The summed E-state index contributed by atoms with van der Waals surface area (Å²) in [6.07, 6.45) is 0.795. The molecule has 212 valence electrons. The van der Waals surface area contributed by atoms with Gasteiger partial charge in [0.1, 0.15) is 12.4 Å². The minimum Gasteiger partial charge on any atom is -0.492 e. The normalized spacial score (nSPS) is 17.4. The van der Waals surface area contributed by atoms with Gasteiger partial charge in [-0.1, -0.05) is 12.1 Å². The van der Waals surface area contributed by atoms with Gasteiger partial charge in [0.15, 0.2) is 0 Å². The van der Waals surface area contributed by atoms with Crippen LogP contribution < -0.4 is 10.2 Å². The molecule has 1 fully saturated rings. The minimum atomic E-state index is -0.580. The molecule has 1 atom stereocenters. The van der Waals surface area contributed by atoms with E-state index in [4.69, 9.17) is 14.7 Å². The number of carbonyl (C=O) groups is 3. The number of likely N-dealkylation sites (N-methyl/N-ethyl adjacent to an activating group) is 1. The second-order valence-electron chi connectivity index (χ2n) is 10.4. The molecule has 0 radical (unpaired) electrons. The zero-order chi connectivity index (χ0) is 28.2. The van der Waals surface area contributed by atoms with E-state index in [1.54, 1.807) is 41.5 Å². The van der Waals surface area contributed by atoms with E-state index in [9.17, 15) is 14.4 Å². The van der Waals surface area contributed by atoms with Crippen LogP contribution in [-0.4, -0.2) is 103 Å². The zero-order valence-corrected chi connectivity index (χ0v) is 22.8. The molecule has 3 aromatic rings. The summed E-state index contributed by atoms with van der Waals surface area (Å²) in [5, 5.41) is 9.86. The summed E-state index contributed by atoms with van der Waals surface area (Å²) < 4.78 is 13.7. The number of carbonyl (C=O) groups excluding carboxylic acids is 3. The van der Waals surface area contributed by atoms with E-state index in [-0.39, 0.29) is 5.91 Å². The number of benzene rings is 2. The summed E-state index contributed by atoms with van der Waals surface area (Å²) in [5.41, 5.74) is 5.67. The first-order valence-electron chi connectivity index (χ1n) is 13.4. The van der Waals surface area contributed by atoms with Crippen LogP contribution in [0.1, 0.15) is 33.1 Å². The second-order valence-corrected chi connectivity index (χ2v) is 10.4. The Hall–Kier alpha value is -3.93. The van der Waals surface area contributed by atoms with Crippen molar-refractivity contribution in [1.82, 2.24) is 24.7 Å². The first-order valence-corrected chi connectivity index (χ1v) is 13.4. The van der Waals surface area contributed by atoms with Crippen LogP contribution >= 0.6 is 0 Å². The quantitative estimate of drug-likeness (QED) is 0.237. The van der Waals surface area contributed by atoms with Gasteiger partial charge in [-0.05, 0) is 41.5 Å². The van der Waals surface area contributed by atoms with Crippen LogP contribution in [0.2, 0.25) is 0 Å². The van der Waals surface area contributed by atoms with E-state index in [2.05, 4.69) is 9.47 Å². The molecule has 11 heteroatoms. The van der Waals surface area contributed by atoms with Crippen LogP contribution in [0.25, 0.3) is 10.9 Å². The minimum absolute atomic E-state index is 0.0649. The van der Waals surface area contributed by atoms with Crippen molar-refractivity contribution in [2.75, 3.05) is 60.1 Å². The first-order chi connectivity index (χ1) is 19.4. The maximum absolute atomic E-state index is 13.4. The smallest absolute Gasteiger partial charge is 0.274 e. The number of nitrogens with one attached hydrogen (secondary N) is 1. The SMILES string of the molecule is CN(C)C(=O)C1CN(C=O)Cc2c1c1cc(OCCN3CCOCC3)ccc1n2Cc1ccc(C(=O)NO)cc1. The molecular formula is C29H35N5O6. The number of hydrogen-bond donors (Lipinski definition) is 2. The van der Waals surface area contributed by atoms with Crippen molar-refractivity contribution < 1.29 is 29.1 Å². The molecule has 0 spiro atoms. The van der Waals surface area contributed by atoms with Gasteiger partial charge in [0.05, 0.1) is 25.7 Å². The molecule has 11 nitrogen and oxygen atoms in total. The molecule has 1 aromatic heterocycles. The van der Waals surface area contributed by atoms with E-state index < -0.39 is 11.8 Å². The first kappa shape index (κ1) is 27.6. The highest BCUT2D eigenvalue weighted by Gasteiger charge is 2.36. The summed E-state index contributed by atoms with van der Waals surface area (Å²) in [7, 11) is 3.45. The molecule has 5 rings (SSSR count). The largest absolute Gasteiger partial charge is 0.492 e. The Morgan fingerprint density at radius 1 is 1.15 bits per heavy atom. The Labute approximate surface area is 232 Å². The second kappa shape index (κ2) is 12.1. The van der Waals surface area contributed by atoms with Gasteiger partial charge in [-0.25, -0.2) is 5.48 Å². The van der Waals surface area contributed by atoms with Crippen LogP contribution in [0, 0.1) is 0 Å². The Balaban J connectivity index is 1.52. The molecule has 3 heterocycles. The topological polar surface area (TPSA) is 117 Å². The summed E-state index contributed by atoms with van der Waals surface area (Å²) in [5.74, 6) is -0.422. The number of hydroxylamine groups is 1. The maximum Gasteiger partial charge on any atom is 0.274 e. The molecule has 1 saturated heterocycles. The number of aromatic nitrogens is 1. The van der Waals surface area contributed by atoms with Gasteiger partial charge in [-0.15, -0.1) is 0 Å². The third kappa shape index (κ3) is 5.67. The maximum atomic E-state index is 13.4. The molecule has 2 N–H and O–H groups in total. The van der Waals surface area contributed by atoms with Crippen LogP contribution in [0.3, 0.4) is 0 Å². The van der Waals surface area contributed by atoms with Gasteiger partial charge in [0.25, 0.3) is 5.91 Å². The molecule has 2 aliphatic rings. The lowest BCUT2D eigenvalue weighted by Gasteiger charge is -2.32. The fourth-order valence-corrected chi connectivity index (χ4v) is 5.54. The highest BCUT2D eigenvalue weighted by molar-refractivity contribution is 5.95. The highest BCUT2D eigenvalue weighted by Crippen LogP contribution is 2.39. The molecule has 0 saturated carbocycles. The molecular weight excluding hydrogens is 514 g/mol. The predicted molar refractivity (Wildman–Crippen MR) is 147 cm³/mol. The lowest BCUT2D eigenvalue weighted by atomic mass is 9.90. The molecule has 3 amide bonds. The van der Waals surface area contributed by atoms with Gasteiger partial charge >= 0.3 is 0 Å². The number of hydrogen-bond acceptors (Lipinski definition) is 7. The number of morpholine rings is 1. The van der Waals surface area contributed by atoms with Crippen molar-refractivity contribution in [3.63, 3.8) is 0 Å². The van der Waals surface area contributed by atoms with Crippen LogP contribution in [0.15, 0.2) is 42.5 Å². The Bertz CT molecular complexity index is 1380. The van der Waals surface area contributed by atoms with Crippen molar-refractivity contribution in [3.8, 4) is 5.75 Å². The molecule has 1 unspecified atom stereocenters. The number of nitrogens with zero attached hydrogens (tertiary/aromatic N) is 4. The van der Waals surface area contributed by atoms with E-state index in [1.165, 1.54) is 0 Å². The lowest BCUT2D eigenvalue weighted by molar-refractivity contribution is -0.132. The van der Waals surface area contributed by atoms with Gasteiger partial charge in [-0.2, -0.15) is 0 Å². The summed E-state index contributed by atoms with van der Waals surface area (Å²) >= 11 is 0. The van der Waals surface area contributed by atoms with Crippen molar-refractivity contribution in [1.29, 1.82) is 0 Å². The Morgan fingerprint density at radius 3 is 2.58 bits per heavy atom. The zero-order valence-electron chi connectivity index (χ0n) is 22.8. The van der Waals surface area contributed by atoms with Gasteiger partial charge < -0.3 is 23.8 Å². The van der Waals surface area contributed by atoms with Gasteiger partial charge in [0.2, 0.25) is 12.3 Å². The standard InChI is InChI=1S/C29H35N5O6/c1-31(2)29(37)24-17-33(19-35)18-26-27(24)23-15-22(40-14-11-32-9-12-39-13-10-32)7-8-25(23)34(26)16-20-3-5-21(6-4-20)28(36)30-38/h3-8,15,19,24,38H,9-14,16-18H2,1-2H3,(H,30,36). The number of amides is 3. The summed E-state index contributed by atoms with van der Waals surface area (Å²) in [4.78, 5) is 42.6. The average molecular weight is 550 g/mol. The van der Waals surface area contributed by atoms with Crippen LogP contribution in [-0.2, 0) is 27.4 Å². The summed E-state index contributed by atoms with van der Waals surface area (Å²) in [6, 6.07) is 12.9. The number of fused-ring (bicyclic) bond motifs is 3. The third-order valence-corrected chi connectivity index (χ3v) is 7.63. The van der Waals surface area contributed by atoms with Crippen molar-refractivity contribution in [2.24, 2.45) is 0 Å². The van der Waals surface area contributed by atoms with Crippen LogP contribution in [0.5, 0.6) is 5.75 Å². The average Bonchev–Trinajstić information content (AvgIpc) is 3.29. The summed E-state index contributed by atoms with van der Waals surface area (Å²) in [6.45, 7) is 5.77. The Morgan fingerprint density at radius 2 is 1.90 bits per heavy atom.